The standard InChI is InChI=1S/C16H21NO4/c1-12(15(19)17-10-6-2-3-7-11-17)21-16(20)13-8-4-5-9-14(13)18/h4-5,8-9,12,18H,2-3,6-7,10-11H2,1H3. The van der Waals surface area contributed by atoms with Crippen LogP contribution in [0.5, 0.6) is 5.75 Å². The number of ether oxygens (including phenoxy) is 1. The number of nitrogens with zero attached hydrogens (tertiary/aromatic N) is 1. The summed E-state index contributed by atoms with van der Waals surface area (Å²) >= 11 is 0. The molecule has 1 aromatic rings. The minimum absolute atomic E-state index is 0.0769. The number of rotatable bonds is 3. The maximum Gasteiger partial charge on any atom is 0.342 e. The Hall–Kier alpha value is -2.04. The lowest BCUT2D eigenvalue weighted by molar-refractivity contribution is -0.139. The van der Waals surface area contributed by atoms with Gasteiger partial charge in [0.25, 0.3) is 5.91 Å². The van der Waals surface area contributed by atoms with Crippen molar-refractivity contribution in [3.63, 3.8) is 0 Å². The van der Waals surface area contributed by atoms with Crippen molar-refractivity contribution in [3.8, 4) is 5.75 Å². The van der Waals surface area contributed by atoms with E-state index in [1.54, 1.807) is 24.0 Å². The quantitative estimate of drug-likeness (QED) is 0.868. The molecule has 1 N–H and O–H groups in total. The predicted molar refractivity (Wildman–Crippen MR) is 78.0 cm³/mol. The maximum atomic E-state index is 12.3. The molecule has 114 valence electrons. The van der Waals surface area contributed by atoms with Gasteiger partial charge in [0.15, 0.2) is 6.10 Å². The van der Waals surface area contributed by atoms with E-state index in [2.05, 4.69) is 0 Å². The Kier molecular flexibility index (Phi) is 5.20. The number of likely N-dealkylation sites (tertiary alicyclic amines) is 1. The van der Waals surface area contributed by atoms with Gasteiger partial charge in [0, 0.05) is 13.1 Å². The molecule has 0 aromatic heterocycles. The molecule has 21 heavy (non-hydrogen) atoms. The maximum absolute atomic E-state index is 12.3. The summed E-state index contributed by atoms with van der Waals surface area (Å²) < 4.78 is 5.18. The molecule has 0 saturated carbocycles. The molecule has 5 heteroatoms. The average molecular weight is 291 g/mol. The summed E-state index contributed by atoms with van der Waals surface area (Å²) in [5.74, 6) is -0.985. The second kappa shape index (κ2) is 7.11. The van der Waals surface area contributed by atoms with Crippen LogP contribution in [0.2, 0.25) is 0 Å². The van der Waals surface area contributed by atoms with Crippen LogP contribution in [0.25, 0.3) is 0 Å². The van der Waals surface area contributed by atoms with Crippen LogP contribution in [0.4, 0.5) is 0 Å². The van der Waals surface area contributed by atoms with Crippen LogP contribution >= 0.6 is 0 Å². The monoisotopic (exact) mass is 291 g/mol. The highest BCUT2D eigenvalue weighted by atomic mass is 16.5. The number of carbonyl (C=O) groups excluding carboxylic acids is 2. The van der Waals surface area contributed by atoms with E-state index in [1.165, 1.54) is 12.1 Å². The van der Waals surface area contributed by atoms with Crippen molar-refractivity contribution >= 4 is 11.9 Å². The number of para-hydroxylation sites is 1. The number of phenols is 1. The summed E-state index contributed by atoms with van der Waals surface area (Å²) in [4.78, 5) is 26.0. The molecule has 0 aliphatic carbocycles. The highest BCUT2D eigenvalue weighted by molar-refractivity contribution is 5.94. The van der Waals surface area contributed by atoms with E-state index in [0.29, 0.717) is 0 Å². The van der Waals surface area contributed by atoms with Crippen molar-refractivity contribution in [2.75, 3.05) is 13.1 Å². The number of carbonyl (C=O) groups is 2. The van der Waals surface area contributed by atoms with Gasteiger partial charge in [-0.05, 0) is 31.9 Å². The van der Waals surface area contributed by atoms with Gasteiger partial charge in [-0.1, -0.05) is 25.0 Å². The van der Waals surface area contributed by atoms with E-state index in [0.717, 1.165) is 38.8 Å². The van der Waals surface area contributed by atoms with E-state index in [9.17, 15) is 14.7 Å². The van der Waals surface area contributed by atoms with Crippen molar-refractivity contribution in [2.24, 2.45) is 0 Å². The minimum atomic E-state index is -0.838. The van der Waals surface area contributed by atoms with Crippen LogP contribution in [-0.2, 0) is 9.53 Å². The molecule has 2 rings (SSSR count). The number of benzene rings is 1. The van der Waals surface area contributed by atoms with Crippen LogP contribution in [0.1, 0.15) is 43.0 Å². The zero-order valence-corrected chi connectivity index (χ0v) is 12.2. The summed E-state index contributed by atoms with van der Waals surface area (Å²) in [5, 5.41) is 9.62. The molecule has 0 radical (unpaired) electrons. The second-order valence-electron chi connectivity index (χ2n) is 5.30. The first-order valence-corrected chi connectivity index (χ1v) is 7.37. The van der Waals surface area contributed by atoms with Crippen molar-refractivity contribution < 1.29 is 19.4 Å². The van der Waals surface area contributed by atoms with Gasteiger partial charge in [0.1, 0.15) is 11.3 Å². The Morgan fingerprint density at radius 2 is 1.76 bits per heavy atom. The number of esters is 1. The fourth-order valence-corrected chi connectivity index (χ4v) is 2.47. The number of phenolic OH excluding ortho intramolecular Hbond substituents is 1. The van der Waals surface area contributed by atoms with Crippen molar-refractivity contribution in [3.05, 3.63) is 29.8 Å². The molecule has 1 heterocycles. The number of aromatic hydroxyl groups is 1. The number of hydrogen-bond acceptors (Lipinski definition) is 4. The molecular weight excluding hydrogens is 270 g/mol. The lowest BCUT2D eigenvalue weighted by atomic mass is 10.2. The van der Waals surface area contributed by atoms with Crippen LogP contribution < -0.4 is 0 Å². The van der Waals surface area contributed by atoms with E-state index in [-0.39, 0.29) is 17.2 Å². The van der Waals surface area contributed by atoms with Crippen LogP contribution in [0.15, 0.2) is 24.3 Å². The highest BCUT2D eigenvalue weighted by Crippen LogP contribution is 2.18. The predicted octanol–water partition coefficient (Wildman–Crippen LogP) is 2.34. The van der Waals surface area contributed by atoms with Gasteiger partial charge >= 0.3 is 5.97 Å². The first-order valence-electron chi connectivity index (χ1n) is 7.37. The first-order chi connectivity index (χ1) is 10.1. The van der Waals surface area contributed by atoms with Gasteiger partial charge in [-0.3, -0.25) is 4.79 Å². The molecule has 1 unspecified atom stereocenters. The number of amides is 1. The Balaban J connectivity index is 1.97. The van der Waals surface area contributed by atoms with Crippen molar-refractivity contribution in [1.82, 2.24) is 4.90 Å². The van der Waals surface area contributed by atoms with Gasteiger partial charge in [0.2, 0.25) is 0 Å². The van der Waals surface area contributed by atoms with Crippen LogP contribution in [0.3, 0.4) is 0 Å². The van der Waals surface area contributed by atoms with Crippen molar-refractivity contribution in [1.29, 1.82) is 0 Å². The van der Waals surface area contributed by atoms with E-state index in [1.807, 2.05) is 0 Å². The molecule has 1 aliphatic heterocycles. The second-order valence-corrected chi connectivity index (χ2v) is 5.30. The summed E-state index contributed by atoms with van der Waals surface area (Å²) in [5.41, 5.74) is 0.0769. The summed E-state index contributed by atoms with van der Waals surface area (Å²) in [6.07, 6.45) is 3.42. The molecule has 1 aliphatic rings. The lowest BCUT2D eigenvalue weighted by Crippen LogP contribution is -2.40. The largest absolute Gasteiger partial charge is 0.507 e. The zero-order chi connectivity index (χ0) is 15.2. The molecule has 0 bridgehead atoms. The van der Waals surface area contributed by atoms with Gasteiger partial charge in [-0.2, -0.15) is 0 Å². The van der Waals surface area contributed by atoms with Gasteiger partial charge in [-0.15, -0.1) is 0 Å². The Labute approximate surface area is 124 Å². The smallest absolute Gasteiger partial charge is 0.342 e. The molecular formula is C16H21NO4. The highest BCUT2D eigenvalue weighted by Gasteiger charge is 2.25. The molecule has 5 nitrogen and oxygen atoms in total. The van der Waals surface area contributed by atoms with Crippen LogP contribution in [0, 0.1) is 0 Å². The Morgan fingerprint density at radius 3 is 2.38 bits per heavy atom. The van der Waals surface area contributed by atoms with Gasteiger partial charge < -0.3 is 14.7 Å². The van der Waals surface area contributed by atoms with Crippen molar-refractivity contribution in [2.45, 2.75) is 38.7 Å². The fraction of sp³-hybridized carbons (Fsp3) is 0.500. The summed E-state index contributed by atoms with van der Waals surface area (Å²) in [6, 6.07) is 6.15. The molecule has 0 spiro atoms. The normalized spacial score (nSPS) is 16.9. The van der Waals surface area contributed by atoms with E-state index >= 15 is 0 Å². The zero-order valence-electron chi connectivity index (χ0n) is 12.2. The molecule has 1 saturated heterocycles. The minimum Gasteiger partial charge on any atom is -0.507 e. The Morgan fingerprint density at radius 1 is 1.14 bits per heavy atom. The molecule has 1 fully saturated rings. The number of hydrogen-bond donors (Lipinski definition) is 1. The lowest BCUT2D eigenvalue weighted by Gasteiger charge is -2.24. The molecule has 1 amide bonds. The van der Waals surface area contributed by atoms with Crippen LogP contribution in [-0.4, -0.2) is 41.1 Å². The molecule has 1 aromatic carbocycles. The molecule has 1 atom stereocenters. The third kappa shape index (κ3) is 3.97. The van der Waals surface area contributed by atoms with E-state index < -0.39 is 12.1 Å². The summed E-state index contributed by atoms with van der Waals surface area (Å²) in [7, 11) is 0. The third-order valence-corrected chi connectivity index (χ3v) is 3.67. The SMILES string of the molecule is CC(OC(=O)c1ccccc1O)C(=O)N1CCCCCC1. The Bertz CT molecular complexity index is 507. The third-order valence-electron chi connectivity index (χ3n) is 3.67. The fourth-order valence-electron chi connectivity index (χ4n) is 2.47. The van der Waals surface area contributed by atoms with E-state index in [4.69, 9.17) is 4.74 Å². The first kappa shape index (κ1) is 15.4. The van der Waals surface area contributed by atoms with Gasteiger partial charge in [0.05, 0.1) is 0 Å². The van der Waals surface area contributed by atoms with Gasteiger partial charge in [-0.25, -0.2) is 4.79 Å². The summed E-state index contributed by atoms with van der Waals surface area (Å²) in [6.45, 7) is 3.01. The topological polar surface area (TPSA) is 66.8 Å². The average Bonchev–Trinajstić information content (AvgIpc) is 2.75.